The summed E-state index contributed by atoms with van der Waals surface area (Å²) in [4.78, 5) is 21.9. The van der Waals surface area contributed by atoms with Crippen LogP contribution in [0.25, 0.3) is 0 Å². The molecule has 0 aliphatic heterocycles. The number of rotatable bonds is 5. The Hall–Kier alpha value is -2.40. The van der Waals surface area contributed by atoms with Crippen LogP contribution >= 0.6 is 11.6 Å². The van der Waals surface area contributed by atoms with Crippen molar-refractivity contribution in [3.8, 4) is 0 Å². The highest BCUT2D eigenvalue weighted by atomic mass is 35.5. The summed E-state index contributed by atoms with van der Waals surface area (Å²) in [7, 11) is 0. The number of nitro benzene ring substituents is 1. The number of halogens is 1. The van der Waals surface area contributed by atoms with Crippen LogP contribution in [0.4, 0.5) is 11.4 Å². The Bertz CT molecular complexity index is 624. The van der Waals surface area contributed by atoms with Crippen molar-refractivity contribution in [3.05, 3.63) is 69.2 Å². The van der Waals surface area contributed by atoms with Crippen molar-refractivity contribution in [1.82, 2.24) is 0 Å². The lowest BCUT2D eigenvalue weighted by molar-refractivity contribution is -0.384. The summed E-state index contributed by atoms with van der Waals surface area (Å²) in [6, 6.07) is 12.5. The van der Waals surface area contributed by atoms with Crippen molar-refractivity contribution >= 4 is 28.8 Å². The molecule has 2 rings (SSSR count). The Labute approximate surface area is 120 Å². The molecule has 20 heavy (non-hydrogen) atoms. The molecular formula is C14H11ClN2O3. The average Bonchev–Trinajstić information content (AvgIpc) is 2.46. The van der Waals surface area contributed by atoms with Crippen LogP contribution < -0.4 is 5.32 Å². The van der Waals surface area contributed by atoms with Gasteiger partial charge in [0.05, 0.1) is 11.5 Å². The number of hydrogen-bond acceptors (Lipinski definition) is 4. The number of ketones is 1. The van der Waals surface area contributed by atoms with Crippen LogP contribution in [0, 0.1) is 10.1 Å². The molecule has 0 aliphatic carbocycles. The molecule has 102 valence electrons. The molecule has 0 saturated carbocycles. The second kappa shape index (κ2) is 6.16. The van der Waals surface area contributed by atoms with Gasteiger partial charge in [-0.2, -0.15) is 0 Å². The van der Waals surface area contributed by atoms with Crippen molar-refractivity contribution in [2.24, 2.45) is 0 Å². The predicted molar refractivity (Wildman–Crippen MR) is 77.4 cm³/mol. The van der Waals surface area contributed by atoms with Crippen LogP contribution in [0.3, 0.4) is 0 Å². The molecule has 0 aromatic heterocycles. The number of hydrogen-bond donors (Lipinski definition) is 1. The van der Waals surface area contributed by atoms with Crippen molar-refractivity contribution in [1.29, 1.82) is 0 Å². The molecule has 1 N–H and O–H groups in total. The van der Waals surface area contributed by atoms with Gasteiger partial charge in [0.25, 0.3) is 5.69 Å². The van der Waals surface area contributed by atoms with Crippen LogP contribution in [-0.4, -0.2) is 17.3 Å². The fraction of sp³-hybridized carbons (Fsp3) is 0.0714. The number of carbonyl (C=O) groups excluding carboxylic acids is 1. The van der Waals surface area contributed by atoms with Gasteiger partial charge in [0.2, 0.25) is 0 Å². The molecule has 0 bridgehead atoms. The Morgan fingerprint density at radius 3 is 2.25 bits per heavy atom. The summed E-state index contributed by atoms with van der Waals surface area (Å²) in [5.74, 6) is -0.144. The third-order valence-corrected chi connectivity index (χ3v) is 2.95. The van der Waals surface area contributed by atoms with E-state index in [9.17, 15) is 14.9 Å². The molecular weight excluding hydrogens is 280 g/mol. The first-order valence-electron chi connectivity index (χ1n) is 5.83. The summed E-state index contributed by atoms with van der Waals surface area (Å²) in [5, 5.41) is 14.1. The van der Waals surface area contributed by atoms with Crippen molar-refractivity contribution < 1.29 is 9.72 Å². The molecule has 6 heteroatoms. The lowest BCUT2D eigenvalue weighted by atomic mass is 10.1. The second-order valence-electron chi connectivity index (χ2n) is 4.09. The summed E-state index contributed by atoms with van der Waals surface area (Å²) in [6.07, 6.45) is 0. The number of nitrogens with one attached hydrogen (secondary N) is 1. The molecule has 0 radical (unpaired) electrons. The first-order valence-corrected chi connectivity index (χ1v) is 6.21. The number of nitrogens with zero attached hydrogens (tertiary/aromatic N) is 1. The Morgan fingerprint density at radius 1 is 1.10 bits per heavy atom. The van der Waals surface area contributed by atoms with E-state index in [1.807, 2.05) is 0 Å². The largest absolute Gasteiger partial charge is 0.378 e. The topological polar surface area (TPSA) is 72.2 Å². The standard InChI is InChI=1S/C14H11ClN2O3/c15-11-3-5-12(6-4-11)16-9-14(18)10-1-7-13(8-2-10)17(19)20/h1-8,16H,9H2. The van der Waals surface area contributed by atoms with Crippen LogP contribution in [0.5, 0.6) is 0 Å². The first-order chi connectivity index (χ1) is 9.56. The van der Waals surface area contributed by atoms with E-state index in [1.54, 1.807) is 24.3 Å². The summed E-state index contributed by atoms with van der Waals surface area (Å²) >= 11 is 5.76. The van der Waals surface area contributed by atoms with E-state index in [1.165, 1.54) is 24.3 Å². The van der Waals surface area contributed by atoms with Crippen LogP contribution in [0.2, 0.25) is 5.02 Å². The van der Waals surface area contributed by atoms with Gasteiger partial charge in [0.15, 0.2) is 5.78 Å². The van der Waals surface area contributed by atoms with E-state index in [-0.39, 0.29) is 18.0 Å². The van der Waals surface area contributed by atoms with Gasteiger partial charge in [-0.3, -0.25) is 14.9 Å². The molecule has 0 spiro atoms. The highest BCUT2D eigenvalue weighted by Crippen LogP contribution is 2.15. The smallest absolute Gasteiger partial charge is 0.269 e. The van der Waals surface area contributed by atoms with E-state index in [0.717, 1.165) is 5.69 Å². The molecule has 0 amide bonds. The summed E-state index contributed by atoms with van der Waals surface area (Å²) < 4.78 is 0. The molecule has 0 fully saturated rings. The SMILES string of the molecule is O=C(CNc1ccc(Cl)cc1)c1ccc([N+](=O)[O-])cc1. The van der Waals surface area contributed by atoms with E-state index >= 15 is 0 Å². The molecule has 0 saturated heterocycles. The number of nitro groups is 1. The van der Waals surface area contributed by atoms with Gasteiger partial charge >= 0.3 is 0 Å². The van der Waals surface area contributed by atoms with Gasteiger partial charge in [-0.15, -0.1) is 0 Å². The van der Waals surface area contributed by atoms with Gasteiger partial charge in [-0.25, -0.2) is 0 Å². The fourth-order valence-corrected chi connectivity index (χ4v) is 1.75. The second-order valence-corrected chi connectivity index (χ2v) is 4.52. The zero-order valence-electron chi connectivity index (χ0n) is 10.4. The van der Waals surface area contributed by atoms with Gasteiger partial charge in [-0.1, -0.05) is 11.6 Å². The highest BCUT2D eigenvalue weighted by molar-refractivity contribution is 6.30. The van der Waals surface area contributed by atoms with Gasteiger partial charge < -0.3 is 5.32 Å². The average molecular weight is 291 g/mol. The number of carbonyl (C=O) groups is 1. The molecule has 0 unspecified atom stereocenters. The Kier molecular flexibility index (Phi) is 4.32. The van der Waals surface area contributed by atoms with Crippen molar-refractivity contribution in [2.75, 3.05) is 11.9 Å². The molecule has 0 atom stereocenters. The van der Waals surface area contributed by atoms with Crippen LogP contribution in [0.15, 0.2) is 48.5 Å². The predicted octanol–water partition coefficient (Wildman–Crippen LogP) is 3.54. The Balaban J connectivity index is 1.97. The third-order valence-electron chi connectivity index (χ3n) is 2.70. The molecule has 0 heterocycles. The van der Waals surface area contributed by atoms with Crippen LogP contribution in [-0.2, 0) is 0 Å². The minimum Gasteiger partial charge on any atom is -0.378 e. The lowest BCUT2D eigenvalue weighted by Gasteiger charge is -2.05. The minimum absolute atomic E-state index is 0.0350. The summed E-state index contributed by atoms with van der Waals surface area (Å²) in [6.45, 7) is 0.111. The maximum absolute atomic E-state index is 11.9. The van der Waals surface area contributed by atoms with Gasteiger partial charge in [-0.05, 0) is 36.4 Å². The van der Waals surface area contributed by atoms with Crippen molar-refractivity contribution in [2.45, 2.75) is 0 Å². The van der Waals surface area contributed by atoms with E-state index < -0.39 is 4.92 Å². The molecule has 5 nitrogen and oxygen atoms in total. The maximum atomic E-state index is 11.9. The van der Waals surface area contributed by atoms with Crippen molar-refractivity contribution in [3.63, 3.8) is 0 Å². The van der Waals surface area contributed by atoms with Gasteiger partial charge in [0.1, 0.15) is 0 Å². The minimum atomic E-state index is -0.500. The van der Waals surface area contributed by atoms with E-state index in [0.29, 0.717) is 10.6 Å². The first kappa shape index (κ1) is 14.0. The summed E-state index contributed by atoms with van der Waals surface area (Å²) in [5.41, 5.74) is 1.17. The molecule has 2 aromatic carbocycles. The van der Waals surface area contributed by atoms with Crippen LogP contribution in [0.1, 0.15) is 10.4 Å². The number of anilines is 1. The van der Waals surface area contributed by atoms with Gasteiger partial charge in [0, 0.05) is 28.4 Å². The number of benzene rings is 2. The number of non-ortho nitro benzene ring substituents is 1. The highest BCUT2D eigenvalue weighted by Gasteiger charge is 2.09. The lowest BCUT2D eigenvalue weighted by Crippen LogP contribution is -2.13. The maximum Gasteiger partial charge on any atom is 0.269 e. The Morgan fingerprint density at radius 2 is 1.70 bits per heavy atom. The monoisotopic (exact) mass is 290 g/mol. The zero-order valence-corrected chi connectivity index (χ0v) is 11.1. The fourth-order valence-electron chi connectivity index (χ4n) is 1.62. The third kappa shape index (κ3) is 3.55. The van der Waals surface area contributed by atoms with E-state index in [4.69, 9.17) is 11.6 Å². The molecule has 2 aromatic rings. The zero-order chi connectivity index (χ0) is 14.5. The normalized spacial score (nSPS) is 10.1. The number of Topliss-reactive ketones (excluding diaryl/α,β-unsaturated/α-hetero) is 1. The molecule has 0 aliphatic rings. The quantitative estimate of drug-likeness (QED) is 0.519. The van der Waals surface area contributed by atoms with E-state index in [2.05, 4.69) is 5.32 Å².